The molecule has 154 valence electrons. The van der Waals surface area contributed by atoms with Crippen LogP contribution in [0.1, 0.15) is 70.5 Å². The van der Waals surface area contributed by atoms with E-state index in [4.69, 9.17) is 0 Å². The number of hydrogen-bond acceptors (Lipinski definition) is 5. The minimum absolute atomic E-state index is 0.0870. The van der Waals surface area contributed by atoms with Crippen LogP contribution in [-0.2, 0) is 13.0 Å². The molecule has 0 spiro atoms. The Hall–Kier alpha value is -2.25. The monoisotopic (exact) mass is 394 g/mol. The summed E-state index contributed by atoms with van der Waals surface area (Å²) < 4.78 is 0. The minimum Gasteiger partial charge on any atom is -0.337 e. The number of nitrogens with one attached hydrogen (secondary N) is 3. The highest BCUT2D eigenvalue weighted by Crippen LogP contribution is 2.31. The number of pyridine rings is 1. The minimum atomic E-state index is 0.0870. The number of nitrogens with zero attached hydrogens (tertiary/aromatic N) is 3. The van der Waals surface area contributed by atoms with E-state index < -0.39 is 0 Å². The fourth-order valence-corrected chi connectivity index (χ4v) is 5.02. The van der Waals surface area contributed by atoms with Crippen LogP contribution in [0, 0.1) is 0 Å². The van der Waals surface area contributed by atoms with Crippen molar-refractivity contribution in [3.05, 3.63) is 46.5 Å². The summed E-state index contributed by atoms with van der Waals surface area (Å²) >= 11 is 0. The largest absolute Gasteiger partial charge is 0.337 e. The number of carbonyl (C=O) groups is 1. The molecule has 2 aromatic rings. The van der Waals surface area contributed by atoms with Crippen LogP contribution in [0.5, 0.6) is 0 Å². The second kappa shape index (κ2) is 8.24. The predicted octanol–water partition coefficient (Wildman–Crippen LogP) is 1.94. The first-order chi connectivity index (χ1) is 14.3. The number of fused-ring (bicyclic) bond motifs is 1. The standard InChI is InChI=1S/C22H30N6O/c29-22(21-18-14-24-9-1-15(18)4-10-25-21)28-11-5-17(6-12-28)20-13-19(26-27-20)16-2-7-23-8-3-16/h4,10,13,16-17,23-24H,1-3,5-9,11-12,14H2,(H,26,27). The van der Waals surface area contributed by atoms with Crippen molar-refractivity contribution in [3.63, 3.8) is 0 Å². The van der Waals surface area contributed by atoms with E-state index >= 15 is 0 Å². The Kier molecular flexibility index (Phi) is 5.33. The summed E-state index contributed by atoms with van der Waals surface area (Å²) in [6.45, 7) is 5.45. The van der Waals surface area contributed by atoms with Gasteiger partial charge in [0.15, 0.2) is 0 Å². The normalized spacial score (nSPS) is 21.2. The molecule has 0 bridgehead atoms. The van der Waals surface area contributed by atoms with Gasteiger partial charge in [0, 0.05) is 48.9 Å². The Bertz CT molecular complexity index is 864. The maximum Gasteiger partial charge on any atom is 0.272 e. The van der Waals surface area contributed by atoms with E-state index in [0.29, 0.717) is 17.5 Å². The predicted molar refractivity (Wildman–Crippen MR) is 111 cm³/mol. The average Bonchev–Trinajstić information content (AvgIpc) is 3.29. The van der Waals surface area contributed by atoms with Gasteiger partial charge in [-0.3, -0.25) is 14.9 Å². The molecule has 7 heteroatoms. The van der Waals surface area contributed by atoms with Crippen LogP contribution in [-0.4, -0.2) is 58.7 Å². The molecule has 0 aliphatic carbocycles. The highest BCUT2D eigenvalue weighted by molar-refractivity contribution is 5.94. The number of likely N-dealkylation sites (tertiary alicyclic amines) is 1. The fourth-order valence-electron chi connectivity index (χ4n) is 5.02. The Balaban J connectivity index is 1.23. The van der Waals surface area contributed by atoms with Gasteiger partial charge in [0.1, 0.15) is 5.69 Å². The number of hydrogen-bond donors (Lipinski definition) is 3. The smallest absolute Gasteiger partial charge is 0.272 e. The highest BCUT2D eigenvalue weighted by Gasteiger charge is 2.29. The van der Waals surface area contributed by atoms with E-state index in [1.807, 2.05) is 4.90 Å². The SMILES string of the molecule is O=C(c1nccc2c1CNCC2)N1CCC(c2cc(C3CCNCC3)n[nH]2)CC1. The molecule has 0 radical (unpaired) electrons. The molecule has 2 saturated heterocycles. The third-order valence-electron chi connectivity index (χ3n) is 6.83. The Morgan fingerprint density at radius 1 is 1.03 bits per heavy atom. The lowest BCUT2D eigenvalue weighted by atomic mass is 9.90. The first kappa shape index (κ1) is 18.8. The van der Waals surface area contributed by atoms with Crippen molar-refractivity contribution in [2.45, 2.75) is 50.5 Å². The van der Waals surface area contributed by atoms with E-state index in [9.17, 15) is 4.79 Å². The lowest BCUT2D eigenvalue weighted by Crippen LogP contribution is -2.39. The molecule has 29 heavy (non-hydrogen) atoms. The van der Waals surface area contributed by atoms with Crippen LogP contribution in [0.25, 0.3) is 0 Å². The van der Waals surface area contributed by atoms with Gasteiger partial charge in [0.25, 0.3) is 5.91 Å². The molecule has 5 heterocycles. The van der Waals surface area contributed by atoms with Crippen LogP contribution in [0.2, 0.25) is 0 Å². The van der Waals surface area contributed by atoms with Crippen molar-refractivity contribution < 1.29 is 4.79 Å². The van der Waals surface area contributed by atoms with E-state index in [1.54, 1.807) is 6.20 Å². The number of piperidine rings is 2. The summed E-state index contributed by atoms with van der Waals surface area (Å²) in [5.74, 6) is 1.12. The van der Waals surface area contributed by atoms with Crippen LogP contribution < -0.4 is 10.6 Å². The van der Waals surface area contributed by atoms with Gasteiger partial charge >= 0.3 is 0 Å². The summed E-state index contributed by atoms with van der Waals surface area (Å²) in [7, 11) is 0. The van der Waals surface area contributed by atoms with Gasteiger partial charge in [-0.05, 0) is 69.4 Å². The maximum atomic E-state index is 13.1. The Labute approximate surface area is 171 Å². The molecule has 0 aromatic carbocycles. The molecule has 3 N–H and O–H groups in total. The van der Waals surface area contributed by atoms with E-state index in [1.165, 1.54) is 29.8 Å². The van der Waals surface area contributed by atoms with Crippen molar-refractivity contribution in [1.82, 2.24) is 30.7 Å². The lowest BCUT2D eigenvalue weighted by Gasteiger charge is -2.32. The number of carbonyl (C=O) groups excluding carboxylic acids is 1. The van der Waals surface area contributed by atoms with Gasteiger partial charge in [-0.2, -0.15) is 5.10 Å². The number of aromatic nitrogens is 3. The highest BCUT2D eigenvalue weighted by atomic mass is 16.2. The van der Waals surface area contributed by atoms with Crippen molar-refractivity contribution in [2.75, 3.05) is 32.7 Å². The van der Waals surface area contributed by atoms with E-state index in [-0.39, 0.29) is 5.91 Å². The van der Waals surface area contributed by atoms with Crippen LogP contribution in [0.3, 0.4) is 0 Å². The van der Waals surface area contributed by atoms with Crippen molar-refractivity contribution in [1.29, 1.82) is 0 Å². The molecule has 1 amide bonds. The molecule has 7 nitrogen and oxygen atoms in total. The van der Waals surface area contributed by atoms with Gasteiger partial charge < -0.3 is 15.5 Å². The average molecular weight is 395 g/mol. The van der Waals surface area contributed by atoms with Gasteiger partial charge in [-0.15, -0.1) is 0 Å². The van der Waals surface area contributed by atoms with Crippen LogP contribution in [0.15, 0.2) is 18.3 Å². The molecule has 0 atom stereocenters. The summed E-state index contributed by atoms with van der Waals surface area (Å²) in [6.07, 6.45) is 7.05. The number of rotatable bonds is 3. The topological polar surface area (TPSA) is 85.9 Å². The molecule has 0 unspecified atom stereocenters. The lowest BCUT2D eigenvalue weighted by molar-refractivity contribution is 0.0704. The Morgan fingerprint density at radius 2 is 1.86 bits per heavy atom. The number of amides is 1. The summed E-state index contributed by atoms with van der Waals surface area (Å²) in [4.78, 5) is 19.6. The molecular formula is C22H30N6O. The molecule has 2 aromatic heterocycles. The number of aromatic amines is 1. The fraction of sp³-hybridized carbons (Fsp3) is 0.591. The van der Waals surface area contributed by atoms with Crippen LogP contribution >= 0.6 is 0 Å². The second-order valence-electron chi connectivity index (χ2n) is 8.56. The molecule has 3 aliphatic rings. The Morgan fingerprint density at radius 3 is 2.69 bits per heavy atom. The first-order valence-electron chi connectivity index (χ1n) is 11.0. The zero-order valence-electron chi connectivity index (χ0n) is 16.9. The van der Waals surface area contributed by atoms with Gasteiger partial charge in [-0.1, -0.05) is 0 Å². The van der Waals surface area contributed by atoms with E-state index in [2.05, 4.69) is 37.9 Å². The van der Waals surface area contributed by atoms with Gasteiger partial charge in [0.2, 0.25) is 0 Å². The van der Waals surface area contributed by atoms with Crippen molar-refractivity contribution in [2.24, 2.45) is 0 Å². The van der Waals surface area contributed by atoms with E-state index in [0.717, 1.165) is 64.1 Å². The summed E-state index contributed by atoms with van der Waals surface area (Å²) in [5.41, 5.74) is 5.45. The van der Waals surface area contributed by atoms with Crippen molar-refractivity contribution >= 4 is 5.91 Å². The van der Waals surface area contributed by atoms with Crippen LogP contribution in [0.4, 0.5) is 0 Å². The molecular weight excluding hydrogens is 364 g/mol. The molecule has 5 rings (SSSR count). The molecule has 0 saturated carbocycles. The third kappa shape index (κ3) is 3.81. The zero-order chi connectivity index (χ0) is 19.6. The quantitative estimate of drug-likeness (QED) is 0.741. The zero-order valence-corrected chi connectivity index (χ0v) is 16.9. The van der Waals surface area contributed by atoms with Gasteiger partial charge in [-0.25, -0.2) is 0 Å². The van der Waals surface area contributed by atoms with Gasteiger partial charge in [0.05, 0.1) is 5.69 Å². The second-order valence-corrected chi connectivity index (χ2v) is 8.56. The van der Waals surface area contributed by atoms with Crippen molar-refractivity contribution in [3.8, 4) is 0 Å². The molecule has 2 fully saturated rings. The maximum absolute atomic E-state index is 13.1. The molecule has 3 aliphatic heterocycles. The summed E-state index contributed by atoms with van der Waals surface area (Å²) in [5, 5.41) is 14.7. The summed E-state index contributed by atoms with van der Waals surface area (Å²) in [6, 6.07) is 4.33. The third-order valence-corrected chi connectivity index (χ3v) is 6.83. The first-order valence-corrected chi connectivity index (χ1v) is 11.0. The number of H-pyrrole nitrogens is 1.